The maximum absolute atomic E-state index is 13.9. The molecule has 0 aromatic heterocycles. The molecular weight excluding hydrogens is 288 g/mol. The van der Waals surface area contributed by atoms with Gasteiger partial charge in [0.05, 0.1) is 12.2 Å². The molecule has 0 atom stereocenters. The third kappa shape index (κ3) is 4.22. The number of rotatable bonds is 5. The number of sulfonamides is 1. The van der Waals surface area contributed by atoms with Crippen LogP contribution in [-0.4, -0.2) is 20.1 Å². The molecule has 0 unspecified atom stereocenters. The van der Waals surface area contributed by atoms with E-state index in [-0.39, 0.29) is 12.0 Å². The largest absolute Gasteiger partial charge is 0.391 e. The fraction of sp³-hybridized carbons (Fsp3) is 0.538. The molecule has 1 aromatic rings. The minimum atomic E-state index is -4.07. The first-order chi connectivity index (χ1) is 9.08. The first-order valence-electron chi connectivity index (χ1n) is 6.16. The van der Waals surface area contributed by atoms with Gasteiger partial charge in [-0.15, -0.1) is 0 Å². The number of aliphatic hydroxyl groups excluding tert-OH is 1. The van der Waals surface area contributed by atoms with E-state index in [1.807, 2.05) is 20.8 Å². The molecule has 0 aliphatic carbocycles. The molecule has 0 heterocycles. The van der Waals surface area contributed by atoms with E-state index in [4.69, 9.17) is 5.11 Å². The van der Waals surface area contributed by atoms with E-state index in [0.29, 0.717) is 6.42 Å². The Morgan fingerprint density at radius 2 is 1.85 bits per heavy atom. The normalized spacial score (nSPS) is 12.7. The van der Waals surface area contributed by atoms with Gasteiger partial charge in [-0.3, -0.25) is 0 Å². The van der Waals surface area contributed by atoms with Crippen molar-refractivity contribution >= 4 is 10.0 Å². The third-order valence-electron chi connectivity index (χ3n) is 2.77. The summed E-state index contributed by atoms with van der Waals surface area (Å²) in [6.45, 7) is 5.09. The molecule has 7 heteroatoms. The Labute approximate surface area is 117 Å². The lowest BCUT2D eigenvalue weighted by Gasteiger charge is -2.18. The fourth-order valence-corrected chi connectivity index (χ4v) is 2.70. The van der Waals surface area contributed by atoms with Crippen molar-refractivity contribution in [3.05, 3.63) is 29.3 Å². The molecule has 20 heavy (non-hydrogen) atoms. The van der Waals surface area contributed by atoms with Gasteiger partial charge in [0.15, 0.2) is 5.82 Å². The zero-order valence-corrected chi connectivity index (χ0v) is 12.5. The zero-order valence-electron chi connectivity index (χ0n) is 11.7. The Morgan fingerprint density at radius 3 is 2.35 bits per heavy atom. The Bertz CT molecular complexity index is 580. The van der Waals surface area contributed by atoms with Gasteiger partial charge in [-0.1, -0.05) is 20.8 Å². The van der Waals surface area contributed by atoms with E-state index in [2.05, 4.69) is 4.72 Å². The highest BCUT2D eigenvalue weighted by molar-refractivity contribution is 7.89. The summed E-state index contributed by atoms with van der Waals surface area (Å²) in [5.41, 5.74) is -0.719. The number of hydrogen-bond donors (Lipinski definition) is 2. The first-order valence-corrected chi connectivity index (χ1v) is 7.64. The summed E-state index contributed by atoms with van der Waals surface area (Å²) in [6.07, 6.45) is 0.571. The second kappa shape index (κ2) is 6.15. The van der Waals surface area contributed by atoms with Gasteiger partial charge in [0, 0.05) is 6.54 Å². The van der Waals surface area contributed by atoms with Crippen molar-refractivity contribution in [2.24, 2.45) is 5.41 Å². The highest BCUT2D eigenvalue weighted by Gasteiger charge is 2.23. The summed E-state index contributed by atoms with van der Waals surface area (Å²) in [5, 5.41) is 8.88. The molecule has 0 amide bonds. The Morgan fingerprint density at radius 1 is 1.25 bits per heavy atom. The van der Waals surface area contributed by atoms with E-state index < -0.39 is 38.7 Å². The van der Waals surface area contributed by atoms with Crippen LogP contribution in [0, 0.1) is 17.0 Å². The summed E-state index contributed by atoms with van der Waals surface area (Å²) in [6, 6.07) is 1.68. The number of aliphatic hydroxyl groups is 1. The van der Waals surface area contributed by atoms with Crippen LogP contribution in [0.3, 0.4) is 0 Å². The van der Waals surface area contributed by atoms with Crippen LogP contribution in [0.2, 0.25) is 0 Å². The van der Waals surface area contributed by atoms with Crippen molar-refractivity contribution in [1.82, 2.24) is 4.72 Å². The standard InChI is InChI=1S/C13H19F2NO3S/c1-13(2,3)6-7-16-20(18,19)11-5-4-10(14)9(8-17)12(11)15/h4-5,16-17H,6-8H2,1-3H3. The molecule has 2 N–H and O–H groups in total. The Hall–Kier alpha value is -1.05. The SMILES string of the molecule is CC(C)(C)CCNS(=O)(=O)c1ccc(F)c(CO)c1F. The van der Waals surface area contributed by atoms with Gasteiger partial charge < -0.3 is 5.11 Å². The average Bonchev–Trinajstić information content (AvgIpc) is 2.26. The van der Waals surface area contributed by atoms with E-state index in [1.54, 1.807) is 0 Å². The summed E-state index contributed by atoms with van der Waals surface area (Å²) in [4.78, 5) is -0.656. The molecular formula is C13H19F2NO3S. The van der Waals surface area contributed by atoms with Gasteiger partial charge in [0.25, 0.3) is 0 Å². The molecule has 1 rings (SSSR count). The minimum absolute atomic E-state index is 0.0693. The summed E-state index contributed by atoms with van der Waals surface area (Å²) in [5.74, 6) is -2.23. The van der Waals surface area contributed by atoms with Crippen LogP contribution in [0.5, 0.6) is 0 Å². The van der Waals surface area contributed by atoms with Crippen LogP contribution >= 0.6 is 0 Å². The first kappa shape index (κ1) is 17.0. The molecule has 0 spiro atoms. The highest BCUT2D eigenvalue weighted by atomic mass is 32.2. The molecule has 0 saturated heterocycles. The van der Waals surface area contributed by atoms with Crippen molar-refractivity contribution in [3.8, 4) is 0 Å². The number of halogens is 2. The van der Waals surface area contributed by atoms with Crippen molar-refractivity contribution in [2.45, 2.75) is 38.7 Å². The van der Waals surface area contributed by atoms with Gasteiger partial charge in [0.2, 0.25) is 10.0 Å². The molecule has 0 radical (unpaired) electrons. The van der Waals surface area contributed by atoms with Crippen LogP contribution < -0.4 is 4.72 Å². The van der Waals surface area contributed by atoms with Crippen LogP contribution in [-0.2, 0) is 16.6 Å². The van der Waals surface area contributed by atoms with Gasteiger partial charge in [0.1, 0.15) is 10.7 Å². The van der Waals surface area contributed by atoms with Crippen LogP contribution in [0.25, 0.3) is 0 Å². The van der Waals surface area contributed by atoms with Gasteiger partial charge in [-0.05, 0) is 24.0 Å². The second-order valence-electron chi connectivity index (χ2n) is 5.70. The number of hydrogen-bond acceptors (Lipinski definition) is 3. The number of nitrogens with one attached hydrogen (secondary N) is 1. The highest BCUT2D eigenvalue weighted by Crippen LogP contribution is 2.22. The van der Waals surface area contributed by atoms with Crippen molar-refractivity contribution < 1.29 is 22.3 Å². The minimum Gasteiger partial charge on any atom is -0.391 e. The van der Waals surface area contributed by atoms with E-state index >= 15 is 0 Å². The van der Waals surface area contributed by atoms with Crippen LogP contribution in [0.1, 0.15) is 32.8 Å². The van der Waals surface area contributed by atoms with Crippen molar-refractivity contribution in [3.63, 3.8) is 0 Å². The molecule has 0 aliphatic rings. The van der Waals surface area contributed by atoms with Crippen LogP contribution in [0.15, 0.2) is 17.0 Å². The fourth-order valence-electron chi connectivity index (χ4n) is 1.57. The van der Waals surface area contributed by atoms with Crippen LogP contribution in [0.4, 0.5) is 8.78 Å². The molecule has 0 bridgehead atoms. The Kier molecular flexibility index (Phi) is 5.23. The zero-order chi connectivity index (χ0) is 15.6. The second-order valence-corrected chi connectivity index (χ2v) is 7.44. The maximum atomic E-state index is 13.9. The van der Waals surface area contributed by atoms with E-state index in [1.165, 1.54) is 0 Å². The lowest BCUT2D eigenvalue weighted by molar-refractivity contribution is 0.267. The smallest absolute Gasteiger partial charge is 0.243 e. The lowest BCUT2D eigenvalue weighted by atomic mass is 9.93. The summed E-state index contributed by atoms with van der Waals surface area (Å²) in [7, 11) is -4.07. The van der Waals surface area contributed by atoms with E-state index in [0.717, 1.165) is 12.1 Å². The third-order valence-corrected chi connectivity index (χ3v) is 4.24. The molecule has 114 valence electrons. The van der Waals surface area contributed by atoms with Gasteiger partial charge in [-0.25, -0.2) is 21.9 Å². The molecule has 0 fully saturated rings. The molecule has 4 nitrogen and oxygen atoms in total. The Balaban J connectivity index is 2.99. The predicted octanol–water partition coefficient (Wildman–Crippen LogP) is 2.17. The topological polar surface area (TPSA) is 66.4 Å². The van der Waals surface area contributed by atoms with Gasteiger partial charge >= 0.3 is 0 Å². The summed E-state index contributed by atoms with van der Waals surface area (Å²) >= 11 is 0. The molecule has 0 aliphatic heterocycles. The maximum Gasteiger partial charge on any atom is 0.243 e. The average molecular weight is 307 g/mol. The monoisotopic (exact) mass is 307 g/mol. The molecule has 1 aromatic carbocycles. The summed E-state index contributed by atoms with van der Waals surface area (Å²) < 4.78 is 53.3. The van der Waals surface area contributed by atoms with Crippen molar-refractivity contribution in [2.75, 3.05) is 6.54 Å². The van der Waals surface area contributed by atoms with Gasteiger partial charge in [-0.2, -0.15) is 0 Å². The quantitative estimate of drug-likeness (QED) is 0.876. The van der Waals surface area contributed by atoms with Crippen molar-refractivity contribution in [1.29, 1.82) is 0 Å². The lowest BCUT2D eigenvalue weighted by Crippen LogP contribution is -2.28. The number of benzene rings is 1. The predicted molar refractivity (Wildman–Crippen MR) is 71.5 cm³/mol. The molecule has 0 saturated carbocycles. The van der Waals surface area contributed by atoms with E-state index in [9.17, 15) is 17.2 Å².